The van der Waals surface area contributed by atoms with Gasteiger partial charge in [-0.15, -0.1) is 0 Å². The average molecular weight is 439 g/mol. The summed E-state index contributed by atoms with van der Waals surface area (Å²) in [4.78, 5) is 2.15. The molecule has 1 fully saturated rings. The second-order valence-corrected chi connectivity index (χ2v) is 8.23. The summed E-state index contributed by atoms with van der Waals surface area (Å²) < 4.78 is 48.0. The lowest BCUT2D eigenvalue weighted by Gasteiger charge is -2.27. The van der Waals surface area contributed by atoms with Gasteiger partial charge in [-0.3, -0.25) is 4.90 Å². The number of hydrogen-bond acceptors (Lipinski definition) is 5. The maximum Gasteiger partial charge on any atom is 0.417 e. The van der Waals surface area contributed by atoms with Crippen molar-refractivity contribution in [3.05, 3.63) is 59.7 Å². The number of alkyl halides is 3. The predicted molar refractivity (Wildman–Crippen MR) is 111 cm³/mol. The lowest BCUT2D eigenvalue weighted by molar-refractivity contribution is -0.210. The number of nitrogens with zero attached hydrogens (tertiary/aromatic N) is 1. The number of aliphatic hydroxyl groups excluding tert-OH is 2. The summed E-state index contributed by atoms with van der Waals surface area (Å²) in [5.41, 5.74) is 1.66. The van der Waals surface area contributed by atoms with E-state index in [1.165, 1.54) is 0 Å². The average Bonchev–Trinajstić information content (AvgIpc) is 3.58. The van der Waals surface area contributed by atoms with Crippen molar-refractivity contribution in [1.29, 1.82) is 0 Å². The SMILES string of the molecule is CC(C)(c1ccc(OCC(CO)N2CC2)cc1)c1ccc(OCC(O)C(F)(F)F)cc1. The largest absolute Gasteiger partial charge is 0.492 e. The fraction of sp³-hybridized carbons (Fsp3) is 0.478. The van der Waals surface area contributed by atoms with Crippen molar-refractivity contribution in [3.8, 4) is 11.5 Å². The van der Waals surface area contributed by atoms with Gasteiger partial charge in [0.05, 0.1) is 12.6 Å². The molecule has 1 aliphatic rings. The summed E-state index contributed by atoms with van der Waals surface area (Å²) in [7, 11) is 0. The first kappa shape index (κ1) is 23.4. The van der Waals surface area contributed by atoms with Crippen LogP contribution in [0.3, 0.4) is 0 Å². The maximum absolute atomic E-state index is 12.4. The van der Waals surface area contributed by atoms with Crippen LogP contribution in [0.25, 0.3) is 0 Å². The Hall–Kier alpha value is -2.29. The fourth-order valence-electron chi connectivity index (χ4n) is 3.26. The molecule has 0 saturated carbocycles. The predicted octanol–water partition coefficient (Wildman–Crippen LogP) is 3.37. The smallest absolute Gasteiger partial charge is 0.417 e. The molecule has 2 aromatic rings. The zero-order chi connectivity index (χ0) is 22.6. The lowest BCUT2D eigenvalue weighted by atomic mass is 9.78. The van der Waals surface area contributed by atoms with Crippen molar-refractivity contribution in [2.24, 2.45) is 0 Å². The molecule has 1 heterocycles. The van der Waals surface area contributed by atoms with E-state index in [0.717, 1.165) is 30.0 Å². The molecule has 1 aliphatic heterocycles. The van der Waals surface area contributed by atoms with E-state index in [9.17, 15) is 18.3 Å². The minimum Gasteiger partial charge on any atom is -0.492 e. The van der Waals surface area contributed by atoms with E-state index >= 15 is 0 Å². The highest BCUT2D eigenvalue weighted by Gasteiger charge is 2.38. The number of aliphatic hydroxyl groups is 2. The number of rotatable bonds is 10. The minimum absolute atomic E-state index is 0.0223. The van der Waals surface area contributed by atoms with Crippen molar-refractivity contribution in [1.82, 2.24) is 4.90 Å². The van der Waals surface area contributed by atoms with Gasteiger partial charge in [0.25, 0.3) is 0 Å². The molecule has 0 bridgehead atoms. The van der Waals surface area contributed by atoms with Gasteiger partial charge in [0.15, 0.2) is 6.10 Å². The van der Waals surface area contributed by atoms with E-state index in [1.54, 1.807) is 24.3 Å². The number of ether oxygens (including phenoxy) is 2. The van der Waals surface area contributed by atoms with Crippen molar-refractivity contribution < 1.29 is 32.9 Å². The molecule has 3 rings (SSSR count). The molecular formula is C23H28F3NO4. The van der Waals surface area contributed by atoms with Crippen molar-refractivity contribution in [2.75, 3.05) is 32.9 Å². The molecule has 5 nitrogen and oxygen atoms in total. The highest BCUT2D eigenvalue weighted by atomic mass is 19.4. The maximum atomic E-state index is 12.4. The molecule has 0 radical (unpaired) electrons. The highest BCUT2D eigenvalue weighted by molar-refractivity contribution is 5.41. The van der Waals surface area contributed by atoms with E-state index in [1.807, 2.05) is 38.1 Å². The molecular weight excluding hydrogens is 411 g/mol. The van der Waals surface area contributed by atoms with Gasteiger partial charge in [-0.25, -0.2) is 0 Å². The summed E-state index contributed by atoms with van der Waals surface area (Å²) in [5.74, 6) is 0.989. The number of hydrogen-bond donors (Lipinski definition) is 2. The Kier molecular flexibility index (Phi) is 7.13. The first-order valence-corrected chi connectivity index (χ1v) is 10.2. The monoisotopic (exact) mass is 439 g/mol. The van der Waals surface area contributed by atoms with Crippen molar-refractivity contribution in [3.63, 3.8) is 0 Å². The standard InChI is InChI=1S/C23H28F3NO4/c1-22(2,17-5-9-20(10-6-17)31-15-21(29)23(24,25)26)16-3-7-19(8-4-16)30-14-18(13-28)27-11-12-27/h3-10,18,21,28-29H,11-15H2,1-2H3. The summed E-state index contributed by atoms with van der Waals surface area (Å²) in [5, 5.41) is 18.5. The Balaban J connectivity index is 1.60. The quantitative estimate of drug-likeness (QED) is 0.556. The van der Waals surface area contributed by atoms with Gasteiger partial charge in [0, 0.05) is 18.5 Å². The topological polar surface area (TPSA) is 61.9 Å². The molecule has 2 atom stereocenters. The van der Waals surface area contributed by atoms with Crippen LogP contribution in [-0.4, -0.2) is 66.3 Å². The van der Waals surface area contributed by atoms with Gasteiger partial charge in [0.2, 0.25) is 0 Å². The lowest BCUT2D eigenvalue weighted by Crippen LogP contribution is -2.34. The van der Waals surface area contributed by atoms with E-state index in [4.69, 9.17) is 14.6 Å². The number of halogens is 3. The van der Waals surface area contributed by atoms with E-state index in [0.29, 0.717) is 6.61 Å². The zero-order valence-electron chi connectivity index (χ0n) is 17.6. The molecule has 2 aromatic carbocycles. The first-order chi connectivity index (χ1) is 14.6. The van der Waals surface area contributed by atoms with Gasteiger partial charge in [-0.05, 0) is 35.4 Å². The summed E-state index contributed by atoms with van der Waals surface area (Å²) >= 11 is 0. The van der Waals surface area contributed by atoms with E-state index < -0.39 is 18.9 Å². The Bertz CT molecular complexity index is 782. The molecule has 1 saturated heterocycles. The van der Waals surface area contributed by atoms with Crippen LogP contribution in [0.2, 0.25) is 0 Å². The van der Waals surface area contributed by atoms with E-state index in [2.05, 4.69) is 4.90 Å². The summed E-state index contributed by atoms with van der Waals surface area (Å²) in [6, 6.07) is 14.6. The van der Waals surface area contributed by atoms with Gasteiger partial charge >= 0.3 is 6.18 Å². The third-order valence-electron chi connectivity index (χ3n) is 5.59. The van der Waals surface area contributed by atoms with Crippen LogP contribution in [0.5, 0.6) is 11.5 Å². The zero-order valence-corrected chi connectivity index (χ0v) is 17.6. The second-order valence-electron chi connectivity index (χ2n) is 8.23. The van der Waals surface area contributed by atoms with Crippen LogP contribution in [0.1, 0.15) is 25.0 Å². The van der Waals surface area contributed by atoms with Gasteiger partial charge < -0.3 is 19.7 Å². The second kappa shape index (κ2) is 9.46. The Morgan fingerprint density at radius 2 is 1.32 bits per heavy atom. The minimum atomic E-state index is -4.70. The van der Waals surface area contributed by atoms with Crippen LogP contribution in [0.15, 0.2) is 48.5 Å². The van der Waals surface area contributed by atoms with Crippen LogP contribution >= 0.6 is 0 Å². The van der Waals surface area contributed by atoms with Crippen LogP contribution < -0.4 is 9.47 Å². The Labute approximate surface area is 180 Å². The van der Waals surface area contributed by atoms with Gasteiger partial charge in [-0.2, -0.15) is 13.2 Å². The molecule has 170 valence electrons. The first-order valence-electron chi connectivity index (χ1n) is 10.2. The molecule has 0 aromatic heterocycles. The normalized spacial score (nSPS) is 16.6. The highest BCUT2D eigenvalue weighted by Crippen LogP contribution is 2.33. The molecule has 2 N–H and O–H groups in total. The Morgan fingerprint density at radius 1 is 0.871 bits per heavy atom. The van der Waals surface area contributed by atoms with Crippen LogP contribution in [-0.2, 0) is 5.41 Å². The molecule has 0 amide bonds. The van der Waals surface area contributed by atoms with Gasteiger partial charge in [-0.1, -0.05) is 38.1 Å². The molecule has 8 heteroatoms. The van der Waals surface area contributed by atoms with Crippen molar-refractivity contribution in [2.45, 2.75) is 37.6 Å². The summed E-state index contributed by atoms with van der Waals surface area (Å²) in [6.07, 6.45) is -7.22. The molecule has 0 aliphatic carbocycles. The van der Waals surface area contributed by atoms with E-state index in [-0.39, 0.29) is 23.8 Å². The molecule has 0 spiro atoms. The summed E-state index contributed by atoms with van der Waals surface area (Å²) in [6.45, 7) is 5.75. The van der Waals surface area contributed by atoms with Crippen molar-refractivity contribution >= 4 is 0 Å². The number of benzene rings is 2. The third kappa shape index (κ3) is 6.12. The van der Waals surface area contributed by atoms with Gasteiger partial charge in [0.1, 0.15) is 24.7 Å². The van der Waals surface area contributed by atoms with Crippen LogP contribution in [0, 0.1) is 0 Å². The molecule has 31 heavy (non-hydrogen) atoms. The van der Waals surface area contributed by atoms with Crippen LogP contribution in [0.4, 0.5) is 13.2 Å². The molecule has 2 unspecified atom stereocenters. The third-order valence-corrected chi connectivity index (χ3v) is 5.59. The Morgan fingerprint density at radius 3 is 1.71 bits per heavy atom. The fourth-order valence-corrected chi connectivity index (χ4v) is 3.26.